The van der Waals surface area contributed by atoms with Gasteiger partial charge in [-0.1, -0.05) is 33.6 Å². The van der Waals surface area contributed by atoms with Crippen molar-refractivity contribution in [3.8, 4) is 0 Å². The molecular formula is C27H48O4. The zero-order valence-electron chi connectivity index (χ0n) is 20.2. The Hall–Kier alpha value is -0.160. The molecule has 10 atom stereocenters. The first-order valence-corrected chi connectivity index (χ1v) is 13.3. The van der Waals surface area contributed by atoms with Gasteiger partial charge in [0.1, 0.15) is 0 Å². The third-order valence-electron chi connectivity index (χ3n) is 11.2. The Morgan fingerprint density at radius 1 is 0.839 bits per heavy atom. The third kappa shape index (κ3) is 4.13. The molecule has 0 aliphatic heterocycles. The molecule has 7 unspecified atom stereocenters. The van der Waals surface area contributed by atoms with Crippen LogP contribution in [0.5, 0.6) is 0 Å². The van der Waals surface area contributed by atoms with Crippen LogP contribution in [0.2, 0.25) is 0 Å². The van der Waals surface area contributed by atoms with E-state index < -0.39 is 0 Å². The molecule has 4 nitrogen and oxygen atoms in total. The Morgan fingerprint density at radius 2 is 1.52 bits per heavy atom. The first kappa shape index (κ1) is 24.0. The third-order valence-corrected chi connectivity index (χ3v) is 11.2. The second-order valence-corrected chi connectivity index (χ2v) is 12.6. The molecule has 0 aromatic carbocycles. The van der Waals surface area contributed by atoms with Crippen molar-refractivity contribution in [2.24, 2.45) is 52.3 Å². The molecule has 4 N–H and O–H groups in total. The Balaban J connectivity index is 1.45. The number of aliphatic hydroxyl groups excluding tert-OH is 4. The maximum Gasteiger partial charge on any atom is 0.0577 e. The molecule has 0 bridgehead atoms. The predicted molar refractivity (Wildman–Crippen MR) is 123 cm³/mol. The molecule has 4 rings (SSSR count). The first-order chi connectivity index (χ1) is 14.7. The molecule has 4 aliphatic carbocycles. The number of hydrogen-bond acceptors (Lipinski definition) is 4. The average molecular weight is 437 g/mol. The largest absolute Gasteiger partial charge is 0.396 e. The number of hydrogen-bond donors (Lipinski definition) is 4. The zero-order chi connectivity index (χ0) is 22.4. The molecule has 0 heterocycles. The average Bonchev–Trinajstić information content (AvgIpc) is 3.09. The van der Waals surface area contributed by atoms with Gasteiger partial charge in [0.15, 0.2) is 0 Å². The smallest absolute Gasteiger partial charge is 0.0577 e. The topological polar surface area (TPSA) is 80.9 Å². The van der Waals surface area contributed by atoms with Gasteiger partial charge in [0, 0.05) is 19.1 Å². The molecule has 0 saturated heterocycles. The van der Waals surface area contributed by atoms with Gasteiger partial charge in [0.25, 0.3) is 0 Å². The van der Waals surface area contributed by atoms with E-state index >= 15 is 0 Å². The van der Waals surface area contributed by atoms with Crippen molar-refractivity contribution in [1.82, 2.24) is 0 Å². The Labute approximate surface area is 189 Å². The summed E-state index contributed by atoms with van der Waals surface area (Å²) in [5.74, 6) is 3.62. The van der Waals surface area contributed by atoms with Gasteiger partial charge in [-0.05, 0) is 104 Å². The summed E-state index contributed by atoms with van der Waals surface area (Å²) in [6.45, 7) is 7.63. The van der Waals surface area contributed by atoms with E-state index in [9.17, 15) is 20.4 Å². The SMILES string of the molecule is CC(CCCC(CO)CO)C1CCC2C3C(CCC12C)C1(C)CC[C@@H](O)C[C@@H]1C[C@H]3O. The van der Waals surface area contributed by atoms with Crippen LogP contribution in [-0.4, -0.2) is 45.8 Å². The molecule has 0 aromatic heterocycles. The molecule has 0 aromatic rings. The summed E-state index contributed by atoms with van der Waals surface area (Å²) in [6, 6.07) is 0. The van der Waals surface area contributed by atoms with Crippen LogP contribution in [0.15, 0.2) is 0 Å². The van der Waals surface area contributed by atoms with Gasteiger partial charge in [0.2, 0.25) is 0 Å². The fourth-order valence-electron chi connectivity index (χ4n) is 9.35. The van der Waals surface area contributed by atoms with E-state index in [0.717, 1.165) is 44.4 Å². The van der Waals surface area contributed by atoms with Crippen LogP contribution in [0.4, 0.5) is 0 Å². The highest BCUT2D eigenvalue weighted by Crippen LogP contribution is 2.68. The van der Waals surface area contributed by atoms with Crippen LogP contribution in [0, 0.1) is 52.3 Å². The predicted octanol–water partition coefficient (Wildman–Crippen LogP) is 4.38. The molecule has 4 heteroatoms. The fraction of sp³-hybridized carbons (Fsp3) is 1.00. The van der Waals surface area contributed by atoms with E-state index in [2.05, 4.69) is 20.8 Å². The standard InChI is InChI=1S/C27H48O4/c1-17(5-4-6-18(15-28)16-29)21-7-8-22-25-23(10-12-27(21,22)3)26(2)11-9-20(30)13-19(26)14-24(25)31/h17-25,28-31H,4-16H2,1-3H3/t17?,19-,20-,21?,22?,23?,24-,25?,26?,27?/m1/s1. The minimum Gasteiger partial charge on any atom is -0.396 e. The van der Waals surface area contributed by atoms with Crippen LogP contribution in [0.1, 0.15) is 91.4 Å². The van der Waals surface area contributed by atoms with E-state index in [4.69, 9.17) is 0 Å². The zero-order valence-corrected chi connectivity index (χ0v) is 20.2. The van der Waals surface area contributed by atoms with Crippen molar-refractivity contribution in [3.63, 3.8) is 0 Å². The van der Waals surface area contributed by atoms with Crippen molar-refractivity contribution in [2.75, 3.05) is 13.2 Å². The van der Waals surface area contributed by atoms with Crippen molar-refractivity contribution in [1.29, 1.82) is 0 Å². The quantitative estimate of drug-likeness (QED) is 0.477. The van der Waals surface area contributed by atoms with Crippen molar-refractivity contribution in [3.05, 3.63) is 0 Å². The van der Waals surface area contributed by atoms with E-state index in [1.807, 2.05) is 0 Å². The highest BCUT2D eigenvalue weighted by molar-refractivity contribution is 5.11. The summed E-state index contributed by atoms with van der Waals surface area (Å²) in [7, 11) is 0. The van der Waals surface area contributed by atoms with E-state index in [1.165, 1.54) is 32.1 Å². The minimum atomic E-state index is -0.193. The highest BCUT2D eigenvalue weighted by atomic mass is 16.3. The lowest BCUT2D eigenvalue weighted by molar-refractivity contribution is -0.174. The van der Waals surface area contributed by atoms with Crippen LogP contribution in [0.25, 0.3) is 0 Å². The van der Waals surface area contributed by atoms with Gasteiger partial charge in [-0.2, -0.15) is 0 Å². The van der Waals surface area contributed by atoms with Gasteiger partial charge >= 0.3 is 0 Å². The molecule has 0 amide bonds. The maximum atomic E-state index is 11.4. The first-order valence-electron chi connectivity index (χ1n) is 13.3. The summed E-state index contributed by atoms with van der Waals surface area (Å²) in [4.78, 5) is 0. The summed E-state index contributed by atoms with van der Waals surface area (Å²) in [5, 5.41) is 40.3. The molecule has 4 fully saturated rings. The summed E-state index contributed by atoms with van der Waals surface area (Å²) < 4.78 is 0. The van der Waals surface area contributed by atoms with Crippen LogP contribution in [0.3, 0.4) is 0 Å². The minimum absolute atomic E-state index is 0.0367. The van der Waals surface area contributed by atoms with Gasteiger partial charge in [-0.25, -0.2) is 0 Å². The lowest BCUT2D eigenvalue weighted by atomic mass is 9.43. The second-order valence-electron chi connectivity index (χ2n) is 12.6. The molecule has 180 valence electrons. The van der Waals surface area contributed by atoms with Crippen LogP contribution in [-0.2, 0) is 0 Å². The Bertz CT molecular complexity index is 606. The lowest BCUT2D eigenvalue weighted by Gasteiger charge is -2.62. The molecule has 0 radical (unpaired) electrons. The molecule has 31 heavy (non-hydrogen) atoms. The van der Waals surface area contributed by atoms with Crippen molar-refractivity contribution in [2.45, 2.75) is 104 Å². The maximum absolute atomic E-state index is 11.4. The lowest BCUT2D eigenvalue weighted by Crippen LogP contribution is -2.58. The number of fused-ring (bicyclic) bond motifs is 5. The van der Waals surface area contributed by atoms with Gasteiger partial charge in [-0.3, -0.25) is 0 Å². The molecule has 4 saturated carbocycles. The van der Waals surface area contributed by atoms with E-state index in [1.54, 1.807) is 0 Å². The number of aliphatic hydroxyl groups is 4. The summed E-state index contributed by atoms with van der Waals surface area (Å²) >= 11 is 0. The van der Waals surface area contributed by atoms with Gasteiger partial charge in [0.05, 0.1) is 12.2 Å². The number of rotatable bonds is 7. The normalized spacial score (nSPS) is 48.2. The van der Waals surface area contributed by atoms with Crippen molar-refractivity contribution >= 4 is 0 Å². The van der Waals surface area contributed by atoms with E-state index in [-0.39, 0.29) is 31.3 Å². The van der Waals surface area contributed by atoms with Gasteiger partial charge < -0.3 is 20.4 Å². The van der Waals surface area contributed by atoms with E-state index in [0.29, 0.717) is 40.4 Å². The monoisotopic (exact) mass is 436 g/mol. The summed E-state index contributed by atoms with van der Waals surface area (Å²) in [6.07, 6.45) is 11.8. The molecule has 0 spiro atoms. The second kappa shape index (κ2) is 9.24. The summed E-state index contributed by atoms with van der Waals surface area (Å²) in [5.41, 5.74) is 0.643. The molecular weight excluding hydrogens is 388 g/mol. The van der Waals surface area contributed by atoms with Crippen LogP contribution >= 0.6 is 0 Å². The Kier molecular flexibility index (Phi) is 7.14. The molecule has 4 aliphatic rings. The van der Waals surface area contributed by atoms with Gasteiger partial charge in [-0.15, -0.1) is 0 Å². The van der Waals surface area contributed by atoms with Crippen molar-refractivity contribution < 1.29 is 20.4 Å². The highest BCUT2D eigenvalue weighted by Gasteiger charge is 2.62. The fourth-order valence-corrected chi connectivity index (χ4v) is 9.35. The van der Waals surface area contributed by atoms with Crippen LogP contribution < -0.4 is 0 Å². The Morgan fingerprint density at radius 3 is 2.23 bits per heavy atom.